The van der Waals surface area contributed by atoms with Crippen molar-refractivity contribution in [1.29, 1.82) is 0 Å². The highest BCUT2D eigenvalue weighted by Gasteiger charge is 2.37. The number of rotatable bonds is 3. The minimum atomic E-state index is -2.52. The predicted molar refractivity (Wildman–Crippen MR) is 105 cm³/mol. The number of benzene rings is 2. The Morgan fingerprint density at radius 3 is 2.55 bits per heavy atom. The highest BCUT2D eigenvalue weighted by atomic mass is 19.3. The van der Waals surface area contributed by atoms with Crippen molar-refractivity contribution in [2.24, 2.45) is 0 Å². The molecular weight excluding hydrogens is 376 g/mol. The number of cyclic esters (lactones) is 1. The monoisotopic (exact) mass is 397 g/mol. The summed E-state index contributed by atoms with van der Waals surface area (Å²) in [7, 11) is 0. The van der Waals surface area contributed by atoms with E-state index in [0.717, 1.165) is 27.8 Å². The van der Waals surface area contributed by atoms with E-state index in [2.05, 4.69) is 9.97 Å². The summed E-state index contributed by atoms with van der Waals surface area (Å²) in [6.07, 6.45) is 2.16. The van der Waals surface area contributed by atoms with Crippen LogP contribution in [-0.4, -0.2) is 28.6 Å². The fourth-order valence-electron chi connectivity index (χ4n) is 4.39. The lowest BCUT2D eigenvalue weighted by molar-refractivity contribution is -0.0382. The van der Waals surface area contributed by atoms with E-state index in [0.29, 0.717) is 12.8 Å². The van der Waals surface area contributed by atoms with Crippen molar-refractivity contribution in [3.8, 4) is 0 Å². The molecular formula is C22H21F2N3O2. The van der Waals surface area contributed by atoms with Crippen LogP contribution < -0.4 is 4.90 Å². The lowest BCUT2D eigenvalue weighted by Gasteiger charge is -2.29. The van der Waals surface area contributed by atoms with Crippen LogP contribution in [-0.2, 0) is 4.74 Å². The maximum Gasteiger partial charge on any atom is 0.415 e. The van der Waals surface area contributed by atoms with Crippen molar-refractivity contribution in [3.05, 3.63) is 59.9 Å². The summed E-state index contributed by atoms with van der Waals surface area (Å²) in [5, 5.41) is 0. The van der Waals surface area contributed by atoms with Gasteiger partial charge in [0.05, 0.1) is 29.1 Å². The van der Waals surface area contributed by atoms with Crippen LogP contribution in [0.5, 0.6) is 0 Å². The van der Waals surface area contributed by atoms with E-state index in [1.807, 2.05) is 42.5 Å². The van der Waals surface area contributed by atoms with Crippen molar-refractivity contribution >= 4 is 22.8 Å². The Bertz CT molecular complexity index is 1040. The molecule has 2 heterocycles. The van der Waals surface area contributed by atoms with Crippen molar-refractivity contribution < 1.29 is 18.3 Å². The molecule has 0 spiro atoms. The number of nitrogens with one attached hydrogen (secondary N) is 1. The average molecular weight is 397 g/mol. The molecule has 1 aliphatic heterocycles. The van der Waals surface area contributed by atoms with Crippen molar-refractivity contribution in [2.75, 3.05) is 11.5 Å². The van der Waals surface area contributed by atoms with Crippen LogP contribution in [0, 0.1) is 0 Å². The van der Waals surface area contributed by atoms with Gasteiger partial charge in [-0.05, 0) is 48.1 Å². The van der Waals surface area contributed by atoms with Gasteiger partial charge in [-0.2, -0.15) is 0 Å². The SMILES string of the molecule is O=C1OC[C@H](c2ccc(C3CCC(F)(F)CC3)cc2)N1c1ccc2nc[nH]c2c1. The third kappa shape index (κ3) is 3.34. The molecule has 5 rings (SSSR count). The molecule has 1 aliphatic carbocycles. The average Bonchev–Trinajstić information content (AvgIpc) is 3.34. The van der Waals surface area contributed by atoms with E-state index in [1.54, 1.807) is 11.2 Å². The number of fused-ring (bicyclic) bond motifs is 1. The van der Waals surface area contributed by atoms with Crippen LogP contribution in [0.25, 0.3) is 11.0 Å². The number of nitrogens with zero attached hydrogens (tertiary/aromatic N) is 2. The van der Waals surface area contributed by atoms with Gasteiger partial charge in [0.15, 0.2) is 0 Å². The van der Waals surface area contributed by atoms with E-state index in [9.17, 15) is 13.6 Å². The van der Waals surface area contributed by atoms with Crippen LogP contribution in [0.1, 0.15) is 48.8 Å². The fraction of sp³-hybridized carbons (Fsp3) is 0.364. The van der Waals surface area contributed by atoms with Gasteiger partial charge in [0, 0.05) is 12.8 Å². The van der Waals surface area contributed by atoms with Crippen molar-refractivity contribution in [3.63, 3.8) is 0 Å². The number of aromatic nitrogens is 2. The number of hydrogen-bond donors (Lipinski definition) is 1. The minimum Gasteiger partial charge on any atom is -0.447 e. The molecule has 1 atom stereocenters. The molecule has 1 saturated heterocycles. The number of halogens is 2. The maximum absolute atomic E-state index is 13.4. The van der Waals surface area contributed by atoms with Crippen molar-refractivity contribution in [2.45, 2.75) is 43.6 Å². The molecule has 2 aromatic carbocycles. The van der Waals surface area contributed by atoms with Gasteiger partial charge >= 0.3 is 6.09 Å². The Morgan fingerprint density at radius 2 is 1.79 bits per heavy atom. The molecule has 0 bridgehead atoms. The van der Waals surface area contributed by atoms with E-state index in [1.165, 1.54) is 0 Å². The summed E-state index contributed by atoms with van der Waals surface area (Å²) in [6.45, 7) is 0.273. The normalized spacial score (nSPS) is 22.2. The van der Waals surface area contributed by atoms with E-state index < -0.39 is 5.92 Å². The van der Waals surface area contributed by atoms with Gasteiger partial charge < -0.3 is 9.72 Å². The number of ether oxygens (including phenoxy) is 1. The first kappa shape index (κ1) is 18.1. The zero-order valence-electron chi connectivity index (χ0n) is 15.8. The molecule has 29 heavy (non-hydrogen) atoms. The van der Waals surface area contributed by atoms with Gasteiger partial charge in [0.2, 0.25) is 5.92 Å². The highest BCUT2D eigenvalue weighted by molar-refractivity contribution is 5.93. The number of carbonyl (C=O) groups is 1. The van der Waals surface area contributed by atoms with Gasteiger partial charge in [-0.15, -0.1) is 0 Å². The summed E-state index contributed by atoms with van der Waals surface area (Å²) < 4.78 is 32.2. The lowest BCUT2D eigenvalue weighted by atomic mass is 9.82. The number of carbonyl (C=O) groups excluding carboxylic acids is 1. The summed E-state index contributed by atoms with van der Waals surface area (Å²) in [5.41, 5.74) is 4.48. The predicted octanol–water partition coefficient (Wildman–Crippen LogP) is 5.55. The Balaban J connectivity index is 1.38. The smallest absolute Gasteiger partial charge is 0.415 e. The molecule has 2 aliphatic rings. The Labute approximate surface area is 166 Å². The zero-order chi connectivity index (χ0) is 20.0. The lowest BCUT2D eigenvalue weighted by Crippen LogP contribution is -2.27. The highest BCUT2D eigenvalue weighted by Crippen LogP contribution is 2.41. The Hall–Kier alpha value is -2.96. The number of amides is 1. The van der Waals surface area contributed by atoms with E-state index in [-0.39, 0.29) is 37.5 Å². The van der Waals surface area contributed by atoms with Gasteiger partial charge in [-0.3, -0.25) is 4.90 Å². The molecule has 150 valence electrons. The van der Waals surface area contributed by atoms with Gasteiger partial charge in [0.25, 0.3) is 0 Å². The van der Waals surface area contributed by atoms with Crippen LogP contribution in [0.3, 0.4) is 0 Å². The molecule has 1 amide bonds. The summed E-state index contributed by atoms with van der Waals surface area (Å²) >= 11 is 0. The van der Waals surface area contributed by atoms with Crippen LogP contribution in [0.2, 0.25) is 0 Å². The quantitative estimate of drug-likeness (QED) is 0.630. The molecule has 2 fully saturated rings. The second-order valence-electron chi connectivity index (χ2n) is 7.86. The molecule has 7 heteroatoms. The van der Waals surface area contributed by atoms with Gasteiger partial charge in [-0.25, -0.2) is 18.6 Å². The number of imidazole rings is 1. The molecule has 1 saturated carbocycles. The number of H-pyrrole nitrogens is 1. The third-order valence-corrected chi connectivity index (χ3v) is 6.06. The van der Waals surface area contributed by atoms with Crippen LogP contribution in [0.4, 0.5) is 19.3 Å². The van der Waals surface area contributed by atoms with Crippen LogP contribution >= 0.6 is 0 Å². The standard InChI is InChI=1S/C22H21F2N3O2/c23-22(24)9-7-15(8-10-22)14-1-3-16(4-2-14)20-12-29-21(28)27(20)17-5-6-18-19(11-17)26-13-25-18/h1-6,11,13,15,20H,7-10,12H2,(H,25,26)/t20-/m1/s1. The number of aromatic amines is 1. The first-order valence-corrected chi connectivity index (χ1v) is 9.87. The van der Waals surface area contributed by atoms with E-state index >= 15 is 0 Å². The summed E-state index contributed by atoms with van der Waals surface area (Å²) in [5.74, 6) is -2.35. The van der Waals surface area contributed by atoms with Crippen LogP contribution in [0.15, 0.2) is 48.8 Å². The molecule has 0 unspecified atom stereocenters. The van der Waals surface area contributed by atoms with Gasteiger partial charge in [-0.1, -0.05) is 24.3 Å². The van der Waals surface area contributed by atoms with E-state index in [4.69, 9.17) is 4.74 Å². The maximum atomic E-state index is 13.4. The largest absolute Gasteiger partial charge is 0.447 e. The molecule has 5 nitrogen and oxygen atoms in total. The fourth-order valence-corrected chi connectivity index (χ4v) is 4.39. The summed E-state index contributed by atoms with van der Waals surface area (Å²) in [4.78, 5) is 21.3. The second-order valence-corrected chi connectivity index (χ2v) is 7.86. The first-order valence-electron chi connectivity index (χ1n) is 9.87. The molecule has 0 radical (unpaired) electrons. The first-order chi connectivity index (χ1) is 14.0. The number of anilines is 1. The molecule has 1 N–H and O–H groups in total. The minimum absolute atomic E-state index is 0.0474. The summed E-state index contributed by atoms with van der Waals surface area (Å²) in [6, 6.07) is 13.4. The zero-order valence-corrected chi connectivity index (χ0v) is 15.8. The van der Waals surface area contributed by atoms with Gasteiger partial charge in [0.1, 0.15) is 6.61 Å². The van der Waals surface area contributed by atoms with Crippen molar-refractivity contribution in [1.82, 2.24) is 9.97 Å². The number of alkyl halides is 2. The Kier molecular flexibility index (Phi) is 4.26. The third-order valence-electron chi connectivity index (χ3n) is 6.06. The Morgan fingerprint density at radius 1 is 1.07 bits per heavy atom. The topological polar surface area (TPSA) is 58.2 Å². The molecule has 1 aromatic heterocycles. The second kappa shape index (κ2) is 6.83. The molecule has 3 aromatic rings. The number of hydrogen-bond acceptors (Lipinski definition) is 3.